The zero-order chi connectivity index (χ0) is 16.2. The van der Waals surface area contributed by atoms with Crippen LogP contribution in [0.4, 0.5) is 4.39 Å². The molecule has 0 saturated heterocycles. The van der Waals surface area contributed by atoms with Gasteiger partial charge in [-0.25, -0.2) is 9.18 Å². The third-order valence-corrected chi connectivity index (χ3v) is 5.62. The quantitative estimate of drug-likeness (QED) is 0.711. The monoisotopic (exact) mass is 325 g/mol. The maximum atomic E-state index is 13.8. The summed E-state index contributed by atoms with van der Waals surface area (Å²) in [4.78, 5) is 14.0. The Balaban J connectivity index is 2.25. The highest BCUT2D eigenvalue weighted by Crippen LogP contribution is 2.33. The molecule has 0 radical (unpaired) electrons. The Morgan fingerprint density at radius 1 is 0.826 bits per heavy atom. The summed E-state index contributed by atoms with van der Waals surface area (Å²) in [6.07, 6.45) is 0. The molecule has 4 heteroatoms. The van der Waals surface area contributed by atoms with Crippen LogP contribution in [-0.2, 0) is 10.9 Å². The smallest absolute Gasteiger partial charge is 0.340 e. The lowest BCUT2D eigenvalue weighted by molar-refractivity contribution is 0.0693. The zero-order valence-electron chi connectivity index (χ0n) is 12.1. The molecule has 0 atom stereocenters. The van der Waals surface area contributed by atoms with Crippen LogP contribution in [0.2, 0.25) is 0 Å². The molecule has 0 spiro atoms. The molecule has 0 unspecified atom stereocenters. The molecule has 2 nitrogen and oxygen atoms in total. The molecule has 23 heavy (non-hydrogen) atoms. The van der Waals surface area contributed by atoms with E-state index in [1.54, 1.807) is 0 Å². The number of carbonyl (C=O) groups is 1. The third-order valence-electron chi connectivity index (χ3n) is 3.35. The van der Waals surface area contributed by atoms with Crippen molar-refractivity contribution < 1.29 is 14.3 Å². The van der Waals surface area contributed by atoms with E-state index in [9.17, 15) is 14.3 Å². The van der Waals surface area contributed by atoms with Crippen LogP contribution in [0, 0.1) is 5.82 Å². The Kier molecular flexibility index (Phi) is 4.44. The Labute approximate surface area is 136 Å². The Bertz CT molecular complexity index is 780. The van der Waals surface area contributed by atoms with Crippen molar-refractivity contribution in [2.75, 3.05) is 0 Å². The van der Waals surface area contributed by atoms with Crippen LogP contribution in [0.3, 0.4) is 0 Å². The van der Waals surface area contributed by atoms with E-state index in [0.717, 1.165) is 9.79 Å². The van der Waals surface area contributed by atoms with Crippen molar-refractivity contribution in [3.8, 4) is 0 Å². The van der Waals surface area contributed by atoms with Crippen LogP contribution in [0.5, 0.6) is 0 Å². The SMILES string of the molecule is O=C(O)c1ccc(F)cc1[S+](c1ccccc1)c1ccccc1. The number of carboxylic acids is 1. The summed E-state index contributed by atoms with van der Waals surface area (Å²) in [6, 6.07) is 23.0. The van der Waals surface area contributed by atoms with Gasteiger partial charge in [-0.3, -0.25) is 0 Å². The summed E-state index contributed by atoms with van der Waals surface area (Å²) < 4.78 is 13.8. The minimum Gasteiger partial charge on any atom is -0.478 e. The number of benzene rings is 3. The van der Waals surface area contributed by atoms with Crippen LogP contribution in [0.15, 0.2) is 93.5 Å². The molecule has 3 aromatic carbocycles. The van der Waals surface area contributed by atoms with E-state index in [2.05, 4.69) is 0 Å². The van der Waals surface area contributed by atoms with Crippen molar-refractivity contribution in [1.29, 1.82) is 0 Å². The van der Waals surface area contributed by atoms with Gasteiger partial charge >= 0.3 is 5.97 Å². The lowest BCUT2D eigenvalue weighted by Gasteiger charge is -2.10. The fourth-order valence-electron chi connectivity index (χ4n) is 2.34. The number of aromatic carboxylic acids is 1. The van der Waals surface area contributed by atoms with Crippen LogP contribution in [-0.4, -0.2) is 11.1 Å². The van der Waals surface area contributed by atoms with E-state index in [0.29, 0.717) is 4.90 Å². The summed E-state index contributed by atoms with van der Waals surface area (Å²) in [6.45, 7) is 0. The predicted molar refractivity (Wildman–Crippen MR) is 88.4 cm³/mol. The van der Waals surface area contributed by atoms with Gasteiger partial charge in [0.2, 0.25) is 0 Å². The number of halogens is 1. The van der Waals surface area contributed by atoms with Gasteiger partial charge in [-0.2, -0.15) is 0 Å². The number of carboxylic acid groups (broad SMARTS) is 1. The van der Waals surface area contributed by atoms with Gasteiger partial charge in [0.1, 0.15) is 22.3 Å². The van der Waals surface area contributed by atoms with Crippen molar-refractivity contribution in [2.24, 2.45) is 0 Å². The average molecular weight is 325 g/mol. The number of rotatable bonds is 4. The summed E-state index contributed by atoms with van der Waals surface area (Å²) in [5.74, 6) is -1.49. The first kappa shape index (κ1) is 15.3. The molecule has 0 bridgehead atoms. The molecule has 3 rings (SSSR count). The van der Waals surface area contributed by atoms with Crippen molar-refractivity contribution in [3.63, 3.8) is 0 Å². The topological polar surface area (TPSA) is 37.3 Å². The van der Waals surface area contributed by atoms with E-state index in [1.807, 2.05) is 60.7 Å². The third kappa shape index (κ3) is 3.27. The van der Waals surface area contributed by atoms with Gasteiger partial charge in [-0.15, -0.1) is 0 Å². The normalized spacial score (nSPS) is 10.7. The molecule has 0 aliphatic heterocycles. The first-order valence-electron chi connectivity index (χ1n) is 7.04. The Morgan fingerprint density at radius 2 is 1.35 bits per heavy atom. The minimum atomic E-state index is -1.05. The fraction of sp³-hybridized carbons (Fsp3) is 0. The summed E-state index contributed by atoms with van der Waals surface area (Å²) in [7, 11) is -0.678. The first-order valence-corrected chi connectivity index (χ1v) is 8.26. The van der Waals surface area contributed by atoms with E-state index in [-0.39, 0.29) is 5.56 Å². The van der Waals surface area contributed by atoms with Crippen molar-refractivity contribution >= 4 is 16.9 Å². The maximum Gasteiger partial charge on any atom is 0.340 e. The molecule has 114 valence electrons. The van der Waals surface area contributed by atoms with E-state index < -0.39 is 22.7 Å². The molecule has 3 aromatic rings. The highest BCUT2D eigenvalue weighted by molar-refractivity contribution is 7.97. The van der Waals surface area contributed by atoms with Gasteiger partial charge in [0.25, 0.3) is 0 Å². The van der Waals surface area contributed by atoms with Gasteiger partial charge < -0.3 is 5.11 Å². The predicted octanol–water partition coefficient (Wildman–Crippen LogP) is 4.62. The second kappa shape index (κ2) is 6.67. The highest BCUT2D eigenvalue weighted by atomic mass is 32.2. The van der Waals surface area contributed by atoms with Crippen LogP contribution in [0.1, 0.15) is 10.4 Å². The van der Waals surface area contributed by atoms with E-state index in [4.69, 9.17) is 0 Å². The fourth-order valence-corrected chi connectivity index (χ4v) is 4.59. The second-order valence-electron chi connectivity index (χ2n) is 4.88. The number of hydrogen-bond acceptors (Lipinski definition) is 1. The van der Waals surface area contributed by atoms with Crippen LogP contribution >= 0.6 is 0 Å². The molecule has 1 N–H and O–H groups in total. The number of hydrogen-bond donors (Lipinski definition) is 1. The summed E-state index contributed by atoms with van der Waals surface area (Å²) in [5.41, 5.74) is 0.127. The molecule has 0 amide bonds. The van der Waals surface area contributed by atoms with E-state index in [1.165, 1.54) is 18.2 Å². The van der Waals surface area contributed by atoms with Crippen molar-refractivity contribution in [1.82, 2.24) is 0 Å². The lowest BCUT2D eigenvalue weighted by atomic mass is 10.2. The van der Waals surface area contributed by atoms with Gasteiger partial charge in [0.05, 0.1) is 0 Å². The molecule has 0 aliphatic rings. The zero-order valence-corrected chi connectivity index (χ0v) is 13.0. The summed E-state index contributed by atoms with van der Waals surface area (Å²) >= 11 is 0. The highest BCUT2D eigenvalue weighted by Gasteiger charge is 2.33. The molecule has 0 fully saturated rings. The molecule has 0 aromatic heterocycles. The maximum absolute atomic E-state index is 13.8. The second-order valence-corrected chi connectivity index (χ2v) is 6.87. The molecular weight excluding hydrogens is 311 g/mol. The Hall–Kier alpha value is -2.59. The van der Waals surface area contributed by atoms with Gasteiger partial charge in [-0.1, -0.05) is 36.4 Å². The van der Waals surface area contributed by atoms with Gasteiger partial charge in [-0.05, 0) is 36.4 Å². The van der Waals surface area contributed by atoms with Crippen molar-refractivity contribution in [3.05, 3.63) is 90.2 Å². The molecular formula is C19H14FO2S+. The van der Waals surface area contributed by atoms with Crippen LogP contribution in [0.25, 0.3) is 0 Å². The lowest BCUT2D eigenvalue weighted by Crippen LogP contribution is -2.11. The van der Waals surface area contributed by atoms with E-state index >= 15 is 0 Å². The minimum absolute atomic E-state index is 0.127. The first-order chi connectivity index (χ1) is 11.2. The largest absolute Gasteiger partial charge is 0.478 e. The van der Waals surface area contributed by atoms with Gasteiger partial charge in [0.15, 0.2) is 14.7 Å². The standard InChI is InChI=1S/C19H13FO2S/c20-14-11-12-17(19(21)22)18(13-14)23(15-7-3-1-4-8-15)16-9-5-2-6-10-16/h1-13H/p+1. The molecule has 0 heterocycles. The molecule has 0 aliphatic carbocycles. The Morgan fingerprint density at radius 3 is 1.83 bits per heavy atom. The summed E-state index contributed by atoms with van der Waals surface area (Å²) in [5, 5.41) is 9.48. The van der Waals surface area contributed by atoms with Crippen LogP contribution < -0.4 is 0 Å². The average Bonchev–Trinajstić information content (AvgIpc) is 2.57. The van der Waals surface area contributed by atoms with Crippen molar-refractivity contribution in [2.45, 2.75) is 14.7 Å². The molecule has 0 saturated carbocycles. The van der Waals surface area contributed by atoms with Gasteiger partial charge in [0, 0.05) is 6.07 Å².